The predicted octanol–water partition coefficient (Wildman–Crippen LogP) is 15.9. The minimum absolute atomic E-state index is 0.714. The van der Waals surface area contributed by atoms with Crippen molar-refractivity contribution in [2.75, 3.05) is 0 Å². The van der Waals surface area contributed by atoms with Gasteiger partial charge in [0.15, 0.2) is 5.82 Å². The summed E-state index contributed by atoms with van der Waals surface area (Å²) in [6.45, 7) is 0. The Morgan fingerprint density at radius 1 is 0.271 bits per heavy atom. The molecule has 0 aliphatic heterocycles. The Hall–Kier alpha value is -7.46. The number of fused-ring (bicyclic) bond motifs is 5. The molecule has 2 aromatic heterocycles. The molecule has 0 fully saturated rings. The van der Waals surface area contributed by atoms with Crippen molar-refractivity contribution in [3.8, 4) is 45.0 Å². The lowest BCUT2D eigenvalue weighted by molar-refractivity contribution is 1.18. The van der Waals surface area contributed by atoms with Crippen LogP contribution in [0.1, 0.15) is 0 Å². The van der Waals surface area contributed by atoms with Crippen molar-refractivity contribution in [2.45, 2.75) is 0 Å². The molecule has 0 bridgehead atoms. The van der Waals surface area contributed by atoms with Crippen LogP contribution in [0.25, 0.3) is 130 Å². The molecule has 0 radical (unpaired) electrons. The lowest BCUT2D eigenvalue weighted by atomic mass is 9.86. The maximum absolute atomic E-state index is 5.24. The van der Waals surface area contributed by atoms with Gasteiger partial charge in [0.1, 0.15) is 0 Å². The predicted molar refractivity (Wildman–Crippen MR) is 253 cm³/mol. The number of hydrogen-bond acceptors (Lipinski definition) is 3. The summed E-state index contributed by atoms with van der Waals surface area (Å²) < 4.78 is 2.58. The van der Waals surface area contributed by atoms with Crippen molar-refractivity contribution in [3.63, 3.8) is 0 Å². The van der Waals surface area contributed by atoms with E-state index in [-0.39, 0.29) is 0 Å². The highest BCUT2D eigenvalue weighted by Gasteiger charge is 2.18. The Morgan fingerprint density at radius 2 is 0.780 bits per heavy atom. The molecular formula is C56H32N2S. The molecule has 0 spiro atoms. The maximum Gasteiger partial charge on any atom is 0.160 e. The second kappa shape index (κ2) is 12.5. The van der Waals surface area contributed by atoms with Gasteiger partial charge < -0.3 is 0 Å². The SMILES string of the molecule is c1ccc(-c2nc(-c3cccc(-c4cc5ccc6cccc7c8cccc9ccc%10cccc(c(c4)c5c67)c%10c98)c3)cc(-c3ccc4sc5ccccc5c4c3)n2)cc1. The van der Waals surface area contributed by atoms with Crippen LogP contribution in [0.5, 0.6) is 0 Å². The Labute approximate surface area is 343 Å². The van der Waals surface area contributed by atoms with Crippen LogP contribution in [0, 0.1) is 0 Å². The van der Waals surface area contributed by atoms with Gasteiger partial charge in [0.05, 0.1) is 11.4 Å². The van der Waals surface area contributed by atoms with Crippen molar-refractivity contribution in [3.05, 3.63) is 194 Å². The first kappa shape index (κ1) is 32.6. The van der Waals surface area contributed by atoms with Crippen LogP contribution in [0.4, 0.5) is 0 Å². The first-order chi connectivity index (χ1) is 29.2. The number of nitrogens with zero attached hydrogens (tertiary/aromatic N) is 2. The molecule has 272 valence electrons. The summed E-state index contributed by atoms with van der Waals surface area (Å²) in [7, 11) is 0. The Balaban J connectivity index is 1.05. The van der Waals surface area contributed by atoms with Crippen LogP contribution >= 0.6 is 11.3 Å². The molecule has 0 saturated carbocycles. The van der Waals surface area contributed by atoms with Crippen LogP contribution in [0.2, 0.25) is 0 Å². The van der Waals surface area contributed by atoms with Gasteiger partial charge in [-0.3, -0.25) is 0 Å². The molecule has 3 heteroatoms. The molecule has 2 heterocycles. The third-order valence-electron chi connectivity index (χ3n) is 12.3. The summed E-state index contributed by atoms with van der Waals surface area (Å²) in [6, 6.07) is 71.1. The first-order valence-corrected chi connectivity index (χ1v) is 21.0. The number of benzene rings is 10. The number of hydrogen-bond donors (Lipinski definition) is 0. The molecular weight excluding hydrogens is 733 g/mol. The Bertz CT molecular complexity index is 3840. The fourth-order valence-corrected chi connectivity index (χ4v) is 10.7. The Morgan fingerprint density at radius 3 is 1.49 bits per heavy atom. The van der Waals surface area contributed by atoms with Crippen LogP contribution in [-0.2, 0) is 0 Å². The third kappa shape index (κ3) is 4.99. The van der Waals surface area contributed by atoms with Crippen LogP contribution in [0.15, 0.2) is 194 Å². The van der Waals surface area contributed by atoms with Gasteiger partial charge in [-0.15, -0.1) is 11.3 Å². The van der Waals surface area contributed by atoms with Gasteiger partial charge in [-0.2, -0.15) is 0 Å². The molecule has 59 heavy (non-hydrogen) atoms. The standard InChI is InChI=1S/C56H32N2S/c1-2-10-36(11-3-1)56-57-48(32-49(58-56)39-26-27-51-46(30-39)42-17-4-5-21-50(42)59-51)38-16-6-15-37(28-38)41-29-40-25-24-35-13-8-19-44-43-18-7-12-33-22-23-34-14-9-20-45(54(34)52(33)43)47(31-41)55(40)53(35)44/h1-32H. The van der Waals surface area contributed by atoms with E-state index < -0.39 is 0 Å². The van der Waals surface area contributed by atoms with E-state index in [0.29, 0.717) is 5.82 Å². The molecule has 13 aromatic rings. The summed E-state index contributed by atoms with van der Waals surface area (Å²) in [6.07, 6.45) is 0. The molecule has 2 nitrogen and oxygen atoms in total. The van der Waals surface area contributed by atoms with E-state index in [1.807, 2.05) is 17.4 Å². The van der Waals surface area contributed by atoms with Crippen molar-refractivity contribution in [1.82, 2.24) is 9.97 Å². The topological polar surface area (TPSA) is 25.8 Å². The molecule has 11 aromatic carbocycles. The monoisotopic (exact) mass is 764 g/mol. The zero-order valence-electron chi connectivity index (χ0n) is 31.8. The van der Waals surface area contributed by atoms with Gasteiger partial charge in [0.25, 0.3) is 0 Å². The normalized spacial score (nSPS) is 12.1. The van der Waals surface area contributed by atoms with Gasteiger partial charge in [0.2, 0.25) is 0 Å². The minimum atomic E-state index is 0.714. The minimum Gasteiger partial charge on any atom is -0.228 e. The molecule has 0 amide bonds. The smallest absolute Gasteiger partial charge is 0.160 e. The Kier molecular flexibility index (Phi) is 6.92. The van der Waals surface area contributed by atoms with E-state index in [1.54, 1.807) is 0 Å². The fraction of sp³-hybridized carbons (Fsp3) is 0. The van der Waals surface area contributed by atoms with Crippen LogP contribution in [0.3, 0.4) is 0 Å². The average molecular weight is 765 g/mol. The summed E-state index contributed by atoms with van der Waals surface area (Å²) >= 11 is 1.84. The molecule has 0 aliphatic carbocycles. The number of rotatable bonds is 4. The fourth-order valence-electron chi connectivity index (χ4n) is 9.65. The maximum atomic E-state index is 5.24. The first-order valence-electron chi connectivity index (χ1n) is 20.1. The van der Waals surface area contributed by atoms with E-state index in [2.05, 4.69) is 188 Å². The highest BCUT2D eigenvalue weighted by Crippen LogP contribution is 2.45. The van der Waals surface area contributed by atoms with Crippen LogP contribution in [-0.4, -0.2) is 9.97 Å². The quantitative estimate of drug-likeness (QED) is 0.167. The van der Waals surface area contributed by atoms with E-state index in [4.69, 9.17) is 9.97 Å². The average Bonchev–Trinajstić information content (AvgIpc) is 3.68. The zero-order chi connectivity index (χ0) is 38.6. The van der Waals surface area contributed by atoms with E-state index in [9.17, 15) is 0 Å². The second-order valence-electron chi connectivity index (χ2n) is 15.7. The number of aromatic nitrogens is 2. The lowest BCUT2D eigenvalue weighted by Crippen LogP contribution is -1.96. The molecule has 0 atom stereocenters. The molecule has 0 unspecified atom stereocenters. The summed E-state index contributed by atoms with van der Waals surface area (Å²) in [5.74, 6) is 0.714. The summed E-state index contributed by atoms with van der Waals surface area (Å²) in [4.78, 5) is 10.4. The third-order valence-corrected chi connectivity index (χ3v) is 13.5. The van der Waals surface area contributed by atoms with Crippen molar-refractivity contribution in [1.29, 1.82) is 0 Å². The van der Waals surface area contributed by atoms with Gasteiger partial charge in [0, 0.05) is 36.9 Å². The van der Waals surface area contributed by atoms with Gasteiger partial charge in [-0.05, 0) is 118 Å². The largest absolute Gasteiger partial charge is 0.228 e. The van der Waals surface area contributed by atoms with Crippen molar-refractivity contribution in [2.24, 2.45) is 0 Å². The second-order valence-corrected chi connectivity index (χ2v) is 16.8. The highest BCUT2D eigenvalue weighted by molar-refractivity contribution is 7.25. The van der Waals surface area contributed by atoms with E-state index in [1.165, 1.54) is 90.4 Å². The zero-order valence-corrected chi connectivity index (χ0v) is 32.6. The van der Waals surface area contributed by atoms with Gasteiger partial charge in [-0.1, -0.05) is 152 Å². The van der Waals surface area contributed by atoms with Crippen molar-refractivity contribution < 1.29 is 0 Å². The highest BCUT2D eigenvalue weighted by atomic mass is 32.1. The summed E-state index contributed by atoms with van der Waals surface area (Å²) in [5, 5.41) is 17.9. The molecule has 13 rings (SSSR count). The lowest BCUT2D eigenvalue weighted by Gasteiger charge is -2.17. The van der Waals surface area contributed by atoms with Gasteiger partial charge in [-0.25, -0.2) is 9.97 Å². The number of thiophene rings is 1. The molecule has 0 N–H and O–H groups in total. The van der Waals surface area contributed by atoms with Crippen LogP contribution < -0.4 is 0 Å². The van der Waals surface area contributed by atoms with E-state index >= 15 is 0 Å². The van der Waals surface area contributed by atoms with E-state index in [0.717, 1.165) is 33.6 Å². The molecule has 0 aliphatic rings. The van der Waals surface area contributed by atoms with Crippen molar-refractivity contribution >= 4 is 96.1 Å². The van der Waals surface area contributed by atoms with Gasteiger partial charge >= 0.3 is 0 Å². The summed E-state index contributed by atoms with van der Waals surface area (Å²) in [5.41, 5.74) is 7.25. The molecule has 0 saturated heterocycles.